The molecule has 0 radical (unpaired) electrons. The van der Waals surface area contributed by atoms with E-state index in [0.29, 0.717) is 24.6 Å². The molecule has 0 unspecified atom stereocenters. The van der Waals surface area contributed by atoms with Gasteiger partial charge in [-0.25, -0.2) is 8.42 Å². The van der Waals surface area contributed by atoms with Crippen LogP contribution in [0.4, 0.5) is 0 Å². The lowest BCUT2D eigenvalue weighted by atomic mass is 10.2. The van der Waals surface area contributed by atoms with E-state index in [9.17, 15) is 13.2 Å². The van der Waals surface area contributed by atoms with E-state index in [4.69, 9.17) is 9.47 Å². The van der Waals surface area contributed by atoms with Crippen LogP contribution in [0.1, 0.15) is 38.7 Å². The van der Waals surface area contributed by atoms with E-state index < -0.39 is 10.0 Å². The maximum absolute atomic E-state index is 12.4. The molecular weight excluding hydrogens is 356 g/mol. The van der Waals surface area contributed by atoms with Crippen LogP contribution in [0, 0.1) is 0 Å². The van der Waals surface area contributed by atoms with Gasteiger partial charge in [0.2, 0.25) is 22.7 Å². The van der Waals surface area contributed by atoms with E-state index in [1.807, 2.05) is 19.9 Å². The summed E-state index contributed by atoms with van der Waals surface area (Å²) in [6, 6.07) is 5.37. The maximum Gasteiger partial charge on any atom is 0.231 e. The van der Waals surface area contributed by atoms with Gasteiger partial charge in [0.15, 0.2) is 11.5 Å². The lowest BCUT2D eigenvalue weighted by molar-refractivity contribution is -0.131. The largest absolute Gasteiger partial charge is 0.454 e. The van der Waals surface area contributed by atoms with Crippen molar-refractivity contribution in [2.75, 3.05) is 32.7 Å². The highest BCUT2D eigenvalue weighted by atomic mass is 32.2. The molecule has 0 saturated carbocycles. The predicted octanol–water partition coefficient (Wildman–Crippen LogP) is 2.22. The molecule has 146 valence electrons. The van der Waals surface area contributed by atoms with Crippen molar-refractivity contribution in [2.24, 2.45) is 0 Å². The number of nitrogens with zero attached hydrogens (tertiary/aromatic N) is 2. The molecule has 0 atom stereocenters. The second kappa shape index (κ2) is 9.23. The van der Waals surface area contributed by atoms with Crippen LogP contribution in [-0.2, 0) is 21.4 Å². The van der Waals surface area contributed by atoms with Gasteiger partial charge >= 0.3 is 0 Å². The molecule has 1 aromatic rings. The molecule has 1 heterocycles. The summed E-state index contributed by atoms with van der Waals surface area (Å²) in [6.45, 7) is 5.99. The molecule has 0 saturated heterocycles. The van der Waals surface area contributed by atoms with Crippen molar-refractivity contribution in [1.29, 1.82) is 0 Å². The first kappa shape index (κ1) is 20.5. The summed E-state index contributed by atoms with van der Waals surface area (Å²) in [7, 11) is -3.43. The minimum atomic E-state index is -3.43. The number of rotatable bonds is 10. The number of carbonyl (C=O) groups is 1. The number of benzene rings is 1. The Hall–Kier alpha value is -1.80. The average Bonchev–Trinajstić information content (AvgIpc) is 3.04. The van der Waals surface area contributed by atoms with Crippen LogP contribution in [0.15, 0.2) is 18.2 Å². The predicted molar refractivity (Wildman–Crippen MR) is 99.6 cm³/mol. The molecular formula is C18H28N2O5S. The Kier molecular flexibility index (Phi) is 7.28. The van der Waals surface area contributed by atoms with Gasteiger partial charge in [0, 0.05) is 32.6 Å². The molecule has 1 aliphatic rings. The Labute approximate surface area is 155 Å². The number of fused-ring (bicyclic) bond motifs is 1. The molecule has 0 aliphatic carbocycles. The van der Waals surface area contributed by atoms with E-state index in [0.717, 1.165) is 18.4 Å². The molecule has 0 N–H and O–H groups in total. The molecule has 1 amide bonds. The Bertz CT molecular complexity index is 714. The number of ether oxygens (including phenoxy) is 2. The second-order valence-electron chi connectivity index (χ2n) is 6.41. The first-order valence-electron chi connectivity index (χ1n) is 8.96. The third-order valence-electron chi connectivity index (χ3n) is 4.18. The second-order valence-corrected chi connectivity index (χ2v) is 8.40. The Morgan fingerprint density at radius 2 is 1.73 bits per heavy atom. The fraction of sp³-hybridized carbons (Fsp3) is 0.611. The number of amides is 1. The monoisotopic (exact) mass is 384 g/mol. The van der Waals surface area contributed by atoms with E-state index in [-0.39, 0.29) is 32.2 Å². The zero-order valence-electron chi connectivity index (χ0n) is 15.7. The van der Waals surface area contributed by atoms with Crippen molar-refractivity contribution in [2.45, 2.75) is 39.7 Å². The van der Waals surface area contributed by atoms with Crippen molar-refractivity contribution < 1.29 is 22.7 Å². The maximum atomic E-state index is 12.4. The van der Waals surface area contributed by atoms with Crippen LogP contribution in [0.3, 0.4) is 0 Å². The van der Waals surface area contributed by atoms with Crippen molar-refractivity contribution >= 4 is 15.9 Å². The van der Waals surface area contributed by atoms with Crippen LogP contribution in [-0.4, -0.2) is 56.2 Å². The van der Waals surface area contributed by atoms with Gasteiger partial charge in [0.25, 0.3) is 0 Å². The molecule has 0 fully saturated rings. The fourth-order valence-corrected chi connectivity index (χ4v) is 3.69. The van der Waals surface area contributed by atoms with E-state index in [1.165, 1.54) is 10.6 Å². The highest BCUT2D eigenvalue weighted by Gasteiger charge is 2.21. The standard InChI is InChI=1S/C18H28N2O5S/c1-4-9-19(10-5-2)18(21)8-11-20(26(3,22)23)13-15-6-7-16-17(12-15)25-14-24-16/h6-7,12H,4-5,8-11,13-14H2,1-3H3. The summed E-state index contributed by atoms with van der Waals surface area (Å²) in [4.78, 5) is 14.2. The van der Waals surface area contributed by atoms with Crippen LogP contribution < -0.4 is 9.47 Å². The van der Waals surface area contributed by atoms with Crippen molar-refractivity contribution in [3.05, 3.63) is 23.8 Å². The molecule has 7 nitrogen and oxygen atoms in total. The quantitative estimate of drug-likeness (QED) is 0.618. The molecule has 1 aromatic carbocycles. The molecule has 26 heavy (non-hydrogen) atoms. The van der Waals surface area contributed by atoms with Gasteiger partial charge in [0.05, 0.1) is 6.26 Å². The summed E-state index contributed by atoms with van der Waals surface area (Å²) in [5.41, 5.74) is 0.797. The lowest BCUT2D eigenvalue weighted by Crippen LogP contribution is -2.37. The van der Waals surface area contributed by atoms with Gasteiger partial charge in [0.1, 0.15) is 0 Å². The summed E-state index contributed by atoms with van der Waals surface area (Å²) >= 11 is 0. The summed E-state index contributed by atoms with van der Waals surface area (Å²) < 4.78 is 36.2. The number of sulfonamides is 1. The van der Waals surface area contributed by atoms with Crippen molar-refractivity contribution in [3.8, 4) is 11.5 Å². The average molecular weight is 384 g/mol. The summed E-state index contributed by atoms with van der Waals surface area (Å²) in [5, 5.41) is 0. The highest BCUT2D eigenvalue weighted by molar-refractivity contribution is 7.88. The molecule has 2 rings (SSSR count). The molecule has 0 aromatic heterocycles. The van der Waals surface area contributed by atoms with Crippen LogP contribution in [0.25, 0.3) is 0 Å². The highest BCUT2D eigenvalue weighted by Crippen LogP contribution is 2.33. The Balaban J connectivity index is 2.02. The Morgan fingerprint density at radius 3 is 2.35 bits per heavy atom. The number of hydrogen-bond donors (Lipinski definition) is 0. The number of carbonyl (C=O) groups excluding carboxylic acids is 1. The smallest absolute Gasteiger partial charge is 0.231 e. The third kappa shape index (κ3) is 5.60. The van der Waals surface area contributed by atoms with Crippen molar-refractivity contribution in [3.63, 3.8) is 0 Å². The van der Waals surface area contributed by atoms with Crippen LogP contribution in [0.2, 0.25) is 0 Å². The topological polar surface area (TPSA) is 76.2 Å². The first-order chi connectivity index (χ1) is 12.3. The third-order valence-corrected chi connectivity index (χ3v) is 5.43. The lowest BCUT2D eigenvalue weighted by Gasteiger charge is -2.24. The summed E-state index contributed by atoms with van der Waals surface area (Å²) in [6.07, 6.45) is 3.12. The van der Waals surface area contributed by atoms with Crippen LogP contribution >= 0.6 is 0 Å². The zero-order chi connectivity index (χ0) is 19.2. The minimum absolute atomic E-state index is 0.00645. The zero-order valence-corrected chi connectivity index (χ0v) is 16.5. The van der Waals surface area contributed by atoms with Gasteiger partial charge in [-0.15, -0.1) is 0 Å². The van der Waals surface area contributed by atoms with Crippen molar-refractivity contribution in [1.82, 2.24) is 9.21 Å². The van der Waals surface area contributed by atoms with Gasteiger partial charge in [-0.05, 0) is 30.5 Å². The van der Waals surface area contributed by atoms with Crippen LogP contribution in [0.5, 0.6) is 11.5 Å². The van der Waals surface area contributed by atoms with E-state index in [2.05, 4.69) is 0 Å². The fourth-order valence-electron chi connectivity index (χ4n) is 2.88. The minimum Gasteiger partial charge on any atom is -0.454 e. The van der Waals surface area contributed by atoms with Gasteiger partial charge in [-0.2, -0.15) is 4.31 Å². The SMILES string of the molecule is CCCN(CCC)C(=O)CCN(Cc1ccc2c(c1)OCO2)S(C)(=O)=O. The Morgan fingerprint density at radius 1 is 1.08 bits per heavy atom. The molecule has 1 aliphatic heterocycles. The van der Waals surface area contributed by atoms with Gasteiger partial charge in [-0.1, -0.05) is 19.9 Å². The van der Waals surface area contributed by atoms with Gasteiger partial charge < -0.3 is 14.4 Å². The van der Waals surface area contributed by atoms with E-state index in [1.54, 1.807) is 17.0 Å². The number of hydrogen-bond acceptors (Lipinski definition) is 5. The van der Waals surface area contributed by atoms with Gasteiger partial charge in [-0.3, -0.25) is 4.79 Å². The first-order valence-corrected chi connectivity index (χ1v) is 10.8. The summed E-state index contributed by atoms with van der Waals surface area (Å²) in [5.74, 6) is 1.27. The molecule has 8 heteroatoms. The molecule has 0 bridgehead atoms. The normalized spacial score (nSPS) is 13.2. The van der Waals surface area contributed by atoms with E-state index >= 15 is 0 Å². The molecule has 0 spiro atoms.